The van der Waals surface area contributed by atoms with Crippen molar-refractivity contribution < 1.29 is 18.0 Å². The average Bonchev–Trinajstić information content (AvgIpc) is 2.52. The summed E-state index contributed by atoms with van der Waals surface area (Å²) in [4.78, 5) is 23.1. The molecule has 0 bridgehead atoms. The number of hydrogen-bond acceptors (Lipinski definition) is 4. The third-order valence-electron chi connectivity index (χ3n) is 3.13. The fourth-order valence-electron chi connectivity index (χ4n) is 2.07. The molecule has 0 atom stereocenters. The van der Waals surface area contributed by atoms with Gasteiger partial charge in [0.2, 0.25) is 15.9 Å². The van der Waals surface area contributed by atoms with E-state index in [1.54, 1.807) is 42.5 Å². The maximum atomic E-state index is 12.1. The summed E-state index contributed by atoms with van der Waals surface area (Å²) in [6, 6.07) is 13.2. The molecule has 2 aromatic carbocycles. The minimum absolute atomic E-state index is 0.146. The van der Waals surface area contributed by atoms with Crippen molar-refractivity contribution in [1.82, 2.24) is 0 Å². The summed E-state index contributed by atoms with van der Waals surface area (Å²) in [6.07, 6.45) is 4.17. The Morgan fingerprint density at radius 1 is 0.920 bits per heavy atom. The zero-order valence-corrected chi connectivity index (χ0v) is 14.6. The lowest BCUT2D eigenvalue weighted by Crippen LogP contribution is -2.09. The molecule has 130 valence electrons. The molecule has 2 aromatic rings. The first kappa shape index (κ1) is 18.4. The molecule has 1 amide bonds. The number of anilines is 2. The predicted octanol–water partition coefficient (Wildman–Crippen LogP) is 2.91. The Kier molecular flexibility index (Phi) is 5.71. The number of hydrogen-bond donors (Lipinski definition) is 2. The number of amides is 1. The van der Waals surface area contributed by atoms with Crippen molar-refractivity contribution >= 4 is 39.2 Å². The van der Waals surface area contributed by atoms with Gasteiger partial charge in [-0.3, -0.25) is 14.3 Å². The van der Waals surface area contributed by atoms with E-state index in [1.165, 1.54) is 25.1 Å². The molecule has 6 nitrogen and oxygen atoms in total. The van der Waals surface area contributed by atoms with Gasteiger partial charge in [0.15, 0.2) is 5.78 Å². The fourth-order valence-corrected chi connectivity index (χ4v) is 2.63. The van der Waals surface area contributed by atoms with Gasteiger partial charge >= 0.3 is 0 Å². The second-order valence-corrected chi connectivity index (χ2v) is 7.20. The van der Waals surface area contributed by atoms with Crippen molar-refractivity contribution in [2.75, 3.05) is 16.3 Å². The van der Waals surface area contributed by atoms with Crippen LogP contribution in [0.4, 0.5) is 11.4 Å². The highest BCUT2D eigenvalue weighted by Gasteiger charge is 2.05. The van der Waals surface area contributed by atoms with Crippen molar-refractivity contribution in [3.63, 3.8) is 0 Å². The Balaban J connectivity index is 2.03. The van der Waals surface area contributed by atoms with Crippen LogP contribution in [0.25, 0.3) is 6.08 Å². The second kappa shape index (κ2) is 7.76. The number of carbonyl (C=O) groups is 2. The minimum atomic E-state index is -3.34. The first-order valence-electron chi connectivity index (χ1n) is 7.41. The Hall–Kier alpha value is -2.93. The Morgan fingerprint density at radius 2 is 1.48 bits per heavy atom. The summed E-state index contributed by atoms with van der Waals surface area (Å²) in [6.45, 7) is 1.43. The number of nitrogens with one attached hydrogen (secondary N) is 2. The summed E-state index contributed by atoms with van der Waals surface area (Å²) >= 11 is 0. The van der Waals surface area contributed by atoms with Crippen molar-refractivity contribution in [2.45, 2.75) is 6.92 Å². The lowest BCUT2D eigenvalue weighted by atomic mass is 10.1. The van der Waals surface area contributed by atoms with Gasteiger partial charge in [0.05, 0.1) is 6.26 Å². The van der Waals surface area contributed by atoms with Gasteiger partial charge in [-0.1, -0.05) is 18.2 Å². The van der Waals surface area contributed by atoms with Crippen LogP contribution in [0.1, 0.15) is 22.8 Å². The van der Waals surface area contributed by atoms with Crippen LogP contribution in [0, 0.1) is 0 Å². The number of benzene rings is 2. The van der Waals surface area contributed by atoms with E-state index in [-0.39, 0.29) is 11.7 Å². The van der Waals surface area contributed by atoms with Gasteiger partial charge in [0, 0.05) is 23.9 Å². The van der Waals surface area contributed by atoms with Gasteiger partial charge in [0.25, 0.3) is 0 Å². The van der Waals surface area contributed by atoms with Gasteiger partial charge in [-0.15, -0.1) is 0 Å². The van der Waals surface area contributed by atoms with Crippen LogP contribution < -0.4 is 10.0 Å². The highest BCUT2D eigenvalue weighted by molar-refractivity contribution is 7.92. The Labute approximate surface area is 146 Å². The molecule has 0 aliphatic rings. The zero-order valence-electron chi connectivity index (χ0n) is 13.8. The van der Waals surface area contributed by atoms with E-state index in [4.69, 9.17) is 0 Å². The summed E-state index contributed by atoms with van der Waals surface area (Å²) in [7, 11) is -3.34. The fraction of sp³-hybridized carbons (Fsp3) is 0.111. The summed E-state index contributed by atoms with van der Waals surface area (Å²) < 4.78 is 24.6. The molecule has 0 heterocycles. The normalized spacial score (nSPS) is 11.3. The van der Waals surface area contributed by atoms with Crippen molar-refractivity contribution in [1.29, 1.82) is 0 Å². The Morgan fingerprint density at radius 3 is 2.00 bits per heavy atom. The maximum Gasteiger partial charge on any atom is 0.229 e. The van der Waals surface area contributed by atoms with E-state index in [1.807, 2.05) is 0 Å². The zero-order chi connectivity index (χ0) is 18.4. The van der Waals surface area contributed by atoms with E-state index in [2.05, 4.69) is 10.0 Å². The molecule has 25 heavy (non-hydrogen) atoms. The molecule has 7 heteroatoms. The first-order valence-corrected chi connectivity index (χ1v) is 9.30. The molecule has 0 aliphatic heterocycles. The monoisotopic (exact) mass is 358 g/mol. The van der Waals surface area contributed by atoms with Crippen LogP contribution >= 0.6 is 0 Å². The Bertz CT molecular complexity index is 899. The van der Waals surface area contributed by atoms with E-state index >= 15 is 0 Å². The molecule has 2 N–H and O–H groups in total. The van der Waals surface area contributed by atoms with Crippen LogP contribution in [0.15, 0.2) is 54.6 Å². The topological polar surface area (TPSA) is 92.3 Å². The molecule has 0 radical (unpaired) electrons. The van der Waals surface area contributed by atoms with Crippen LogP contribution in [-0.2, 0) is 14.8 Å². The predicted molar refractivity (Wildman–Crippen MR) is 99.0 cm³/mol. The highest BCUT2D eigenvalue weighted by Crippen LogP contribution is 2.14. The molecule has 2 rings (SSSR count). The van der Waals surface area contributed by atoms with Gasteiger partial charge in [0.1, 0.15) is 0 Å². The van der Waals surface area contributed by atoms with Crippen molar-refractivity contribution in [3.8, 4) is 0 Å². The number of carbonyl (C=O) groups excluding carboxylic acids is 2. The second-order valence-electron chi connectivity index (χ2n) is 5.45. The summed E-state index contributed by atoms with van der Waals surface area (Å²) in [5.74, 6) is -0.343. The van der Waals surface area contributed by atoms with Gasteiger partial charge in [-0.25, -0.2) is 8.42 Å². The number of allylic oxidation sites excluding steroid dienone is 1. The van der Waals surface area contributed by atoms with Crippen LogP contribution in [0.2, 0.25) is 0 Å². The molecule has 0 aromatic heterocycles. The summed E-state index contributed by atoms with van der Waals surface area (Å²) in [5.41, 5.74) is 2.35. The molecule has 0 spiro atoms. The molecule has 0 fully saturated rings. The third-order valence-corrected chi connectivity index (χ3v) is 3.74. The molecular formula is C18H18N2O4S. The lowest BCUT2D eigenvalue weighted by Gasteiger charge is -2.04. The number of ketones is 1. The minimum Gasteiger partial charge on any atom is -0.326 e. The summed E-state index contributed by atoms with van der Waals surface area (Å²) in [5, 5.41) is 2.67. The average molecular weight is 358 g/mol. The molecule has 0 unspecified atom stereocenters. The molecule has 0 saturated carbocycles. The number of rotatable bonds is 6. The molecular weight excluding hydrogens is 340 g/mol. The first-order chi connectivity index (χ1) is 11.7. The van der Waals surface area contributed by atoms with Gasteiger partial charge < -0.3 is 5.32 Å². The largest absolute Gasteiger partial charge is 0.326 e. The smallest absolute Gasteiger partial charge is 0.229 e. The molecule has 0 saturated heterocycles. The number of sulfonamides is 1. The van der Waals surface area contributed by atoms with E-state index < -0.39 is 10.0 Å². The standard InChI is InChI=1S/C18H18N2O4S/c1-13(21)19-16-8-3-14(4-9-16)5-12-18(22)15-6-10-17(11-7-15)20-25(2,23)24/h3-12,20H,1-2H3,(H,19,21). The van der Waals surface area contributed by atoms with Gasteiger partial charge in [-0.2, -0.15) is 0 Å². The van der Waals surface area contributed by atoms with E-state index in [0.717, 1.165) is 11.8 Å². The van der Waals surface area contributed by atoms with Crippen LogP contribution in [-0.4, -0.2) is 26.4 Å². The third kappa shape index (κ3) is 6.23. The highest BCUT2D eigenvalue weighted by atomic mass is 32.2. The van der Waals surface area contributed by atoms with Crippen molar-refractivity contribution in [3.05, 3.63) is 65.7 Å². The maximum absolute atomic E-state index is 12.1. The van der Waals surface area contributed by atoms with E-state index in [0.29, 0.717) is 16.9 Å². The van der Waals surface area contributed by atoms with Crippen LogP contribution in [0.5, 0.6) is 0 Å². The van der Waals surface area contributed by atoms with Gasteiger partial charge in [-0.05, 0) is 48.0 Å². The quantitative estimate of drug-likeness (QED) is 0.613. The van der Waals surface area contributed by atoms with E-state index in [9.17, 15) is 18.0 Å². The lowest BCUT2D eigenvalue weighted by molar-refractivity contribution is -0.114. The van der Waals surface area contributed by atoms with Crippen molar-refractivity contribution in [2.24, 2.45) is 0 Å². The van der Waals surface area contributed by atoms with Crippen LogP contribution in [0.3, 0.4) is 0 Å². The SMILES string of the molecule is CC(=O)Nc1ccc(C=CC(=O)c2ccc(NS(C)(=O)=O)cc2)cc1. The molecule has 0 aliphatic carbocycles.